The minimum atomic E-state index is -0.603. The van der Waals surface area contributed by atoms with Crippen molar-refractivity contribution in [1.82, 2.24) is 9.88 Å². The van der Waals surface area contributed by atoms with Crippen molar-refractivity contribution in [3.63, 3.8) is 0 Å². The van der Waals surface area contributed by atoms with Gasteiger partial charge in [-0.2, -0.15) is 0 Å². The first-order valence-electron chi connectivity index (χ1n) is 5.70. The lowest BCUT2D eigenvalue weighted by atomic mass is 10.2. The molecular formula is C12H16ClFN2O2. The van der Waals surface area contributed by atoms with Gasteiger partial charge in [-0.15, -0.1) is 0 Å². The topological polar surface area (TPSA) is 53.4 Å². The predicted octanol–water partition coefficient (Wildman–Crippen LogP) is 2.11. The molecule has 0 fully saturated rings. The average Bonchev–Trinajstić information content (AvgIpc) is 2.32. The Hall–Kier alpha value is -1.20. The Bertz CT molecular complexity index is 427. The number of hydrogen-bond acceptors (Lipinski definition) is 3. The molecule has 0 saturated heterocycles. The number of aliphatic hydroxyl groups is 1. The number of carbonyl (C=O) groups excluding carboxylic acids is 1. The van der Waals surface area contributed by atoms with Gasteiger partial charge < -0.3 is 10.0 Å². The average molecular weight is 275 g/mol. The van der Waals surface area contributed by atoms with E-state index in [1.165, 1.54) is 4.90 Å². The fourth-order valence-electron chi connectivity index (χ4n) is 1.56. The van der Waals surface area contributed by atoms with E-state index in [-0.39, 0.29) is 29.3 Å². The van der Waals surface area contributed by atoms with E-state index >= 15 is 0 Å². The minimum Gasteiger partial charge on any atom is -0.396 e. The Morgan fingerprint density at radius 1 is 1.61 bits per heavy atom. The molecular weight excluding hydrogens is 259 g/mol. The smallest absolute Gasteiger partial charge is 0.257 e. The summed E-state index contributed by atoms with van der Waals surface area (Å²) in [5.74, 6) is -0.982. The Balaban J connectivity index is 2.98. The van der Waals surface area contributed by atoms with Gasteiger partial charge in [-0.1, -0.05) is 11.6 Å². The molecule has 1 aromatic rings. The zero-order chi connectivity index (χ0) is 13.7. The van der Waals surface area contributed by atoms with Crippen LogP contribution < -0.4 is 0 Å². The number of aromatic nitrogens is 1. The molecule has 1 rings (SSSR count). The van der Waals surface area contributed by atoms with Gasteiger partial charge in [0.15, 0.2) is 0 Å². The molecule has 0 unspecified atom stereocenters. The molecule has 1 heterocycles. The van der Waals surface area contributed by atoms with Gasteiger partial charge >= 0.3 is 0 Å². The van der Waals surface area contributed by atoms with Crippen LogP contribution in [-0.2, 0) is 0 Å². The minimum absolute atomic E-state index is 0.00830. The second-order valence-electron chi connectivity index (χ2n) is 4.16. The van der Waals surface area contributed by atoms with Gasteiger partial charge in [-0.05, 0) is 26.3 Å². The Kier molecular flexibility index (Phi) is 5.50. The maximum absolute atomic E-state index is 13.1. The van der Waals surface area contributed by atoms with Gasteiger partial charge in [0.1, 0.15) is 11.0 Å². The highest BCUT2D eigenvalue weighted by Crippen LogP contribution is 2.17. The summed E-state index contributed by atoms with van der Waals surface area (Å²) in [6, 6.07) is 1.01. The maximum atomic E-state index is 13.1. The lowest BCUT2D eigenvalue weighted by molar-refractivity contribution is 0.0692. The quantitative estimate of drug-likeness (QED) is 0.837. The summed E-state index contributed by atoms with van der Waals surface area (Å²) in [7, 11) is 0. The number of pyridine rings is 1. The maximum Gasteiger partial charge on any atom is 0.257 e. The fraction of sp³-hybridized carbons (Fsp3) is 0.500. The number of amides is 1. The second kappa shape index (κ2) is 6.66. The van der Waals surface area contributed by atoms with Crippen molar-refractivity contribution in [2.24, 2.45) is 0 Å². The summed E-state index contributed by atoms with van der Waals surface area (Å²) in [5, 5.41) is 8.79. The van der Waals surface area contributed by atoms with Gasteiger partial charge in [0.2, 0.25) is 0 Å². The summed E-state index contributed by atoms with van der Waals surface area (Å²) < 4.78 is 13.1. The van der Waals surface area contributed by atoms with E-state index in [4.69, 9.17) is 16.7 Å². The number of hydrogen-bond donors (Lipinski definition) is 1. The van der Waals surface area contributed by atoms with Crippen LogP contribution in [0.4, 0.5) is 4.39 Å². The van der Waals surface area contributed by atoms with E-state index in [0.717, 1.165) is 12.3 Å². The molecule has 0 aromatic carbocycles. The van der Waals surface area contributed by atoms with Crippen LogP contribution in [0.1, 0.15) is 30.6 Å². The third-order valence-corrected chi connectivity index (χ3v) is 2.78. The van der Waals surface area contributed by atoms with Gasteiger partial charge in [-0.3, -0.25) is 4.79 Å². The summed E-state index contributed by atoms with van der Waals surface area (Å²) in [4.78, 5) is 17.4. The molecule has 0 aliphatic rings. The standard InChI is InChI=1S/C12H16ClFN2O2/c1-8(2)16(4-3-5-17)12(18)10-6-9(14)7-15-11(10)13/h6-8,17H,3-5H2,1-2H3. The van der Waals surface area contributed by atoms with Gasteiger partial charge in [-0.25, -0.2) is 9.37 Å². The Morgan fingerprint density at radius 2 is 2.28 bits per heavy atom. The van der Waals surface area contributed by atoms with Crippen molar-refractivity contribution in [2.45, 2.75) is 26.3 Å². The number of aliphatic hydroxyl groups excluding tert-OH is 1. The third-order valence-electron chi connectivity index (χ3n) is 2.48. The molecule has 18 heavy (non-hydrogen) atoms. The van der Waals surface area contributed by atoms with Crippen LogP contribution in [0.2, 0.25) is 5.15 Å². The van der Waals surface area contributed by atoms with Gasteiger partial charge in [0, 0.05) is 19.2 Å². The Morgan fingerprint density at radius 3 is 2.83 bits per heavy atom. The molecule has 0 atom stereocenters. The fourth-order valence-corrected chi connectivity index (χ4v) is 1.75. The van der Waals surface area contributed by atoms with E-state index in [2.05, 4.69) is 4.98 Å². The normalized spacial score (nSPS) is 10.8. The van der Waals surface area contributed by atoms with Crippen LogP contribution >= 0.6 is 11.6 Å². The van der Waals surface area contributed by atoms with Crippen LogP contribution in [0.5, 0.6) is 0 Å². The van der Waals surface area contributed by atoms with Crippen molar-refractivity contribution in [3.05, 3.63) is 28.8 Å². The number of nitrogens with zero attached hydrogens (tertiary/aromatic N) is 2. The molecule has 0 aliphatic heterocycles. The monoisotopic (exact) mass is 274 g/mol. The van der Waals surface area contributed by atoms with Gasteiger partial charge in [0.25, 0.3) is 5.91 Å². The van der Waals surface area contributed by atoms with E-state index < -0.39 is 5.82 Å². The van der Waals surface area contributed by atoms with Crippen LogP contribution in [-0.4, -0.2) is 40.1 Å². The summed E-state index contributed by atoms with van der Waals surface area (Å²) in [5.41, 5.74) is 0.0447. The molecule has 0 saturated carbocycles. The van der Waals surface area contributed by atoms with Crippen molar-refractivity contribution in [2.75, 3.05) is 13.2 Å². The first-order chi connectivity index (χ1) is 8.47. The molecule has 0 spiro atoms. The number of halogens is 2. The highest BCUT2D eigenvalue weighted by Gasteiger charge is 2.21. The highest BCUT2D eigenvalue weighted by atomic mass is 35.5. The molecule has 4 nitrogen and oxygen atoms in total. The molecule has 1 N–H and O–H groups in total. The SMILES string of the molecule is CC(C)N(CCCO)C(=O)c1cc(F)cnc1Cl. The zero-order valence-corrected chi connectivity index (χ0v) is 11.1. The summed E-state index contributed by atoms with van der Waals surface area (Å²) >= 11 is 5.80. The first kappa shape index (κ1) is 14.9. The van der Waals surface area contributed by atoms with E-state index in [1.807, 2.05) is 13.8 Å². The summed E-state index contributed by atoms with van der Waals surface area (Å²) in [6.45, 7) is 4.07. The lowest BCUT2D eigenvalue weighted by Gasteiger charge is -2.26. The first-order valence-corrected chi connectivity index (χ1v) is 6.08. The molecule has 1 amide bonds. The highest BCUT2D eigenvalue weighted by molar-refractivity contribution is 6.32. The van der Waals surface area contributed by atoms with E-state index in [9.17, 15) is 9.18 Å². The van der Waals surface area contributed by atoms with Crippen LogP contribution in [0, 0.1) is 5.82 Å². The Labute approximate surface area is 110 Å². The molecule has 0 bridgehead atoms. The molecule has 0 radical (unpaired) electrons. The molecule has 0 aliphatic carbocycles. The van der Waals surface area contributed by atoms with E-state index in [0.29, 0.717) is 13.0 Å². The zero-order valence-electron chi connectivity index (χ0n) is 10.4. The number of carbonyl (C=O) groups is 1. The van der Waals surface area contributed by atoms with Crippen molar-refractivity contribution in [3.8, 4) is 0 Å². The predicted molar refractivity (Wildman–Crippen MR) is 67.1 cm³/mol. The van der Waals surface area contributed by atoms with Crippen LogP contribution in [0.15, 0.2) is 12.3 Å². The lowest BCUT2D eigenvalue weighted by Crippen LogP contribution is -2.38. The van der Waals surface area contributed by atoms with Crippen molar-refractivity contribution >= 4 is 17.5 Å². The van der Waals surface area contributed by atoms with E-state index in [1.54, 1.807) is 0 Å². The molecule has 100 valence electrons. The molecule has 1 aromatic heterocycles. The third kappa shape index (κ3) is 3.65. The van der Waals surface area contributed by atoms with Crippen LogP contribution in [0.3, 0.4) is 0 Å². The number of rotatable bonds is 5. The van der Waals surface area contributed by atoms with Crippen molar-refractivity contribution in [1.29, 1.82) is 0 Å². The van der Waals surface area contributed by atoms with Gasteiger partial charge in [0.05, 0.1) is 11.8 Å². The molecule has 6 heteroatoms. The van der Waals surface area contributed by atoms with Crippen molar-refractivity contribution < 1.29 is 14.3 Å². The largest absolute Gasteiger partial charge is 0.396 e. The summed E-state index contributed by atoms with van der Waals surface area (Å²) in [6.07, 6.45) is 1.43. The van der Waals surface area contributed by atoms with Crippen LogP contribution in [0.25, 0.3) is 0 Å². The second-order valence-corrected chi connectivity index (χ2v) is 4.52.